The van der Waals surface area contributed by atoms with Crippen LogP contribution in [0.15, 0.2) is 12.7 Å². The summed E-state index contributed by atoms with van der Waals surface area (Å²) in [6, 6.07) is 0. The molecule has 0 saturated heterocycles. The van der Waals surface area contributed by atoms with Gasteiger partial charge in [-0.25, -0.2) is 0 Å². The van der Waals surface area contributed by atoms with Gasteiger partial charge in [-0.2, -0.15) is 0 Å². The summed E-state index contributed by atoms with van der Waals surface area (Å²) < 4.78 is 0. The normalized spacial score (nSPS) is 10.5. The van der Waals surface area contributed by atoms with Gasteiger partial charge in [-0.3, -0.25) is 0 Å². The van der Waals surface area contributed by atoms with E-state index < -0.39 is 0 Å². The average molecular weight is 209 g/mol. The topological polar surface area (TPSA) is 0 Å². The molecular weight excluding hydrogens is 180 g/mol. The average Bonchev–Trinajstić information content (AvgIpc) is 2.26. The maximum atomic E-state index is 3.69. The lowest BCUT2D eigenvalue weighted by Gasteiger charge is -2.01. The van der Waals surface area contributed by atoms with Gasteiger partial charge in [0.25, 0.3) is 0 Å². The van der Waals surface area contributed by atoms with Crippen LogP contribution in [0.4, 0.5) is 0 Å². The minimum Gasteiger partial charge on any atom is -0.103 e. The maximum absolute atomic E-state index is 3.69. The molecule has 0 aliphatic rings. The predicted octanol–water partition coefficient (Wildman–Crippen LogP) is 5.69. The highest BCUT2D eigenvalue weighted by Gasteiger charge is 1.92. The summed E-state index contributed by atoms with van der Waals surface area (Å²) in [6.07, 6.45) is 19.5. The summed E-state index contributed by atoms with van der Waals surface area (Å²) in [5.74, 6) is 0. The lowest BCUT2D eigenvalue weighted by atomic mass is 10.1. The first-order chi connectivity index (χ1) is 7.41. The minimum absolute atomic E-state index is 1.22. The lowest BCUT2D eigenvalue weighted by molar-refractivity contribution is 0.556. The molecule has 0 aromatic rings. The Bertz CT molecular complexity index is 115. The standard InChI is InChI=1S/C15H29/c1-3-5-7-9-11-13-15-14-12-10-8-6-4-2/h3,5H,1,4,6-15H2,2H3. The zero-order chi connectivity index (χ0) is 11.2. The summed E-state index contributed by atoms with van der Waals surface area (Å²) in [5, 5.41) is 0. The molecule has 0 unspecified atom stereocenters. The van der Waals surface area contributed by atoms with Crippen LogP contribution in [0.2, 0.25) is 0 Å². The van der Waals surface area contributed by atoms with Crippen molar-refractivity contribution in [3.05, 3.63) is 19.1 Å². The quantitative estimate of drug-likeness (QED) is 0.362. The summed E-state index contributed by atoms with van der Waals surface area (Å²) in [7, 11) is 0. The summed E-state index contributed by atoms with van der Waals surface area (Å²) in [5.41, 5.74) is 0. The maximum Gasteiger partial charge on any atom is -0.0173 e. The van der Waals surface area contributed by atoms with Gasteiger partial charge in [0, 0.05) is 0 Å². The predicted molar refractivity (Wildman–Crippen MR) is 71.0 cm³/mol. The molecule has 0 N–H and O–H groups in total. The molecule has 0 fully saturated rings. The van der Waals surface area contributed by atoms with E-state index in [1.165, 1.54) is 70.6 Å². The summed E-state index contributed by atoms with van der Waals surface area (Å²) in [4.78, 5) is 0. The van der Waals surface area contributed by atoms with Crippen molar-refractivity contribution in [2.45, 2.75) is 77.6 Å². The van der Waals surface area contributed by atoms with E-state index in [1.807, 2.05) is 6.08 Å². The highest BCUT2D eigenvalue weighted by Crippen LogP contribution is 2.11. The molecule has 0 amide bonds. The Morgan fingerprint density at radius 3 is 1.67 bits per heavy atom. The van der Waals surface area contributed by atoms with Crippen molar-refractivity contribution in [2.24, 2.45) is 0 Å². The fourth-order valence-electron chi connectivity index (χ4n) is 1.87. The monoisotopic (exact) mass is 209 g/mol. The smallest absolute Gasteiger partial charge is 0.0173 e. The van der Waals surface area contributed by atoms with Crippen molar-refractivity contribution in [1.82, 2.24) is 0 Å². The van der Waals surface area contributed by atoms with Crippen molar-refractivity contribution in [2.75, 3.05) is 0 Å². The molecule has 0 aliphatic heterocycles. The molecule has 0 heterocycles. The van der Waals surface area contributed by atoms with Crippen molar-refractivity contribution < 1.29 is 0 Å². The van der Waals surface area contributed by atoms with Crippen LogP contribution in [-0.4, -0.2) is 0 Å². The van der Waals surface area contributed by atoms with Crippen LogP contribution in [0.3, 0.4) is 0 Å². The summed E-state index contributed by atoms with van der Waals surface area (Å²) in [6.45, 7) is 5.97. The molecule has 15 heavy (non-hydrogen) atoms. The highest BCUT2D eigenvalue weighted by molar-refractivity contribution is 4.85. The molecule has 89 valence electrons. The molecule has 0 saturated carbocycles. The number of hydrogen-bond acceptors (Lipinski definition) is 0. The third-order valence-corrected chi connectivity index (χ3v) is 2.89. The van der Waals surface area contributed by atoms with Crippen LogP contribution < -0.4 is 0 Å². The van der Waals surface area contributed by atoms with Gasteiger partial charge in [-0.1, -0.05) is 77.2 Å². The first-order valence-electron chi connectivity index (χ1n) is 6.86. The first-order valence-corrected chi connectivity index (χ1v) is 6.86. The molecule has 0 spiro atoms. The van der Waals surface area contributed by atoms with Crippen LogP contribution >= 0.6 is 0 Å². The number of allylic oxidation sites excluding steroid dienone is 1. The second-order valence-electron chi connectivity index (χ2n) is 4.44. The van der Waals surface area contributed by atoms with Crippen LogP contribution in [0.25, 0.3) is 0 Å². The van der Waals surface area contributed by atoms with Gasteiger partial charge >= 0.3 is 0 Å². The number of rotatable bonds is 12. The van der Waals surface area contributed by atoms with Gasteiger partial charge in [-0.15, -0.1) is 6.58 Å². The lowest BCUT2D eigenvalue weighted by Crippen LogP contribution is -1.81. The third kappa shape index (κ3) is 13.7. The Morgan fingerprint density at radius 2 is 1.20 bits per heavy atom. The molecule has 0 aromatic heterocycles. The SMILES string of the molecule is C=C[CH]CCCCCCCCCCCC. The zero-order valence-corrected chi connectivity index (χ0v) is 10.6. The van der Waals surface area contributed by atoms with Crippen molar-refractivity contribution >= 4 is 0 Å². The Balaban J connectivity index is 2.83. The van der Waals surface area contributed by atoms with Crippen LogP contribution in [0.5, 0.6) is 0 Å². The molecule has 0 aliphatic carbocycles. The van der Waals surface area contributed by atoms with E-state index in [0.29, 0.717) is 0 Å². The van der Waals surface area contributed by atoms with Gasteiger partial charge in [0.2, 0.25) is 0 Å². The fraction of sp³-hybridized carbons (Fsp3) is 0.800. The highest BCUT2D eigenvalue weighted by atomic mass is 14.0. The van der Waals surface area contributed by atoms with E-state index in [4.69, 9.17) is 0 Å². The number of unbranched alkanes of at least 4 members (excludes halogenated alkanes) is 11. The van der Waals surface area contributed by atoms with E-state index >= 15 is 0 Å². The van der Waals surface area contributed by atoms with E-state index in [1.54, 1.807) is 0 Å². The molecule has 0 nitrogen and oxygen atoms in total. The molecule has 0 atom stereocenters. The van der Waals surface area contributed by atoms with Gasteiger partial charge < -0.3 is 0 Å². The van der Waals surface area contributed by atoms with Gasteiger partial charge in [0.15, 0.2) is 0 Å². The van der Waals surface area contributed by atoms with Crippen molar-refractivity contribution in [3.63, 3.8) is 0 Å². The van der Waals surface area contributed by atoms with Crippen LogP contribution in [-0.2, 0) is 0 Å². The molecule has 0 bridgehead atoms. The largest absolute Gasteiger partial charge is 0.103 e. The Morgan fingerprint density at radius 1 is 0.733 bits per heavy atom. The third-order valence-electron chi connectivity index (χ3n) is 2.89. The minimum atomic E-state index is 1.22. The molecule has 0 heteroatoms. The second-order valence-corrected chi connectivity index (χ2v) is 4.44. The fourth-order valence-corrected chi connectivity index (χ4v) is 1.87. The van der Waals surface area contributed by atoms with E-state index in [2.05, 4.69) is 19.9 Å². The van der Waals surface area contributed by atoms with Crippen LogP contribution in [0.1, 0.15) is 77.6 Å². The van der Waals surface area contributed by atoms with Crippen molar-refractivity contribution in [3.8, 4) is 0 Å². The van der Waals surface area contributed by atoms with Gasteiger partial charge in [0.05, 0.1) is 0 Å². The van der Waals surface area contributed by atoms with Crippen LogP contribution in [0, 0.1) is 6.42 Å². The van der Waals surface area contributed by atoms with E-state index in [-0.39, 0.29) is 0 Å². The summed E-state index contributed by atoms with van der Waals surface area (Å²) >= 11 is 0. The Hall–Kier alpha value is -0.260. The van der Waals surface area contributed by atoms with E-state index in [0.717, 1.165) is 0 Å². The Labute approximate surface area is 97.2 Å². The van der Waals surface area contributed by atoms with E-state index in [9.17, 15) is 0 Å². The van der Waals surface area contributed by atoms with Crippen molar-refractivity contribution in [1.29, 1.82) is 0 Å². The Kier molecular flexibility index (Phi) is 13.5. The zero-order valence-electron chi connectivity index (χ0n) is 10.6. The number of hydrogen-bond donors (Lipinski definition) is 0. The molecule has 0 rings (SSSR count). The van der Waals surface area contributed by atoms with Gasteiger partial charge in [0.1, 0.15) is 0 Å². The van der Waals surface area contributed by atoms with Gasteiger partial charge in [-0.05, 0) is 12.8 Å². The second kappa shape index (κ2) is 13.7. The molecular formula is C15H29. The first kappa shape index (κ1) is 14.7. The molecule has 1 radical (unpaired) electrons. The molecule has 0 aromatic carbocycles.